The Hall–Kier alpha value is -2.06. The normalized spacial score (nSPS) is 23.0. The molecule has 1 aliphatic heterocycles. The van der Waals surface area contributed by atoms with Crippen LogP contribution in [0.1, 0.15) is 5.56 Å². The first-order valence-corrected chi connectivity index (χ1v) is 9.02. The molecular formula is C19H15FS. The van der Waals surface area contributed by atoms with Gasteiger partial charge in [0.1, 0.15) is 5.82 Å². The van der Waals surface area contributed by atoms with E-state index >= 15 is 0 Å². The van der Waals surface area contributed by atoms with Gasteiger partial charge in [-0.25, -0.2) is 4.39 Å². The molecule has 1 atom stereocenters. The molecule has 0 saturated carbocycles. The average Bonchev–Trinajstić information content (AvgIpc) is 2.86. The van der Waals surface area contributed by atoms with E-state index in [0.29, 0.717) is 0 Å². The molecule has 3 aromatic rings. The van der Waals surface area contributed by atoms with Gasteiger partial charge in [0.25, 0.3) is 0 Å². The molecule has 0 spiro atoms. The van der Waals surface area contributed by atoms with E-state index in [0.717, 1.165) is 10.8 Å². The summed E-state index contributed by atoms with van der Waals surface area (Å²) in [4.78, 5) is 2.73. The van der Waals surface area contributed by atoms with E-state index in [1.54, 1.807) is 6.07 Å². The largest absolute Gasteiger partial charge is 0.207 e. The second kappa shape index (κ2) is 4.47. The molecule has 0 aromatic heterocycles. The molecule has 0 amide bonds. The maximum Gasteiger partial charge on any atom is 0.123 e. The summed E-state index contributed by atoms with van der Waals surface area (Å²) in [6.45, 7) is 0. The third-order valence-corrected chi connectivity index (χ3v) is 7.36. The van der Waals surface area contributed by atoms with Crippen LogP contribution in [0.5, 0.6) is 0 Å². The number of hydrogen-bond donors (Lipinski definition) is 0. The van der Waals surface area contributed by atoms with Crippen molar-refractivity contribution in [1.82, 2.24) is 0 Å². The lowest BCUT2D eigenvalue weighted by molar-refractivity contribution is 0.630. The van der Waals surface area contributed by atoms with Crippen molar-refractivity contribution in [2.75, 3.05) is 6.26 Å². The molecule has 0 N–H and O–H groups in total. The molecule has 0 bridgehead atoms. The lowest BCUT2D eigenvalue weighted by Crippen LogP contribution is -1.95. The van der Waals surface area contributed by atoms with Gasteiger partial charge in [0, 0.05) is 4.90 Å². The molecule has 0 radical (unpaired) electrons. The Bertz CT molecular complexity index is 882. The van der Waals surface area contributed by atoms with Gasteiger partial charge in [-0.05, 0) is 69.3 Å². The highest BCUT2D eigenvalue weighted by atomic mass is 32.3. The Labute approximate surface area is 125 Å². The van der Waals surface area contributed by atoms with Gasteiger partial charge in [-0.3, -0.25) is 0 Å². The van der Waals surface area contributed by atoms with Crippen molar-refractivity contribution in [1.29, 1.82) is 0 Å². The molecule has 1 heterocycles. The van der Waals surface area contributed by atoms with Crippen LogP contribution in [-0.2, 0) is 0 Å². The second-order valence-corrected chi connectivity index (χ2v) is 8.62. The lowest BCUT2D eigenvalue weighted by atomic mass is 10.1. The molecule has 0 nitrogen and oxygen atoms in total. The smallest absolute Gasteiger partial charge is 0.123 e. The standard InChI is InChI=1S/C19H15FS/c1-21(11-10-14-4-2-3-5-19(14)21)18-9-7-15-12-17(20)8-6-16(15)13-18/h2-13H,1H3. The Balaban J connectivity index is 1.91. The molecule has 2 heteroatoms. The highest BCUT2D eigenvalue weighted by Gasteiger charge is 2.26. The highest BCUT2D eigenvalue weighted by Crippen LogP contribution is 2.65. The molecule has 1 unspecified atom stereocenters. The van der Waals surface area contributed by atoms with Gasteiger partial charge in [-0.2, -0.15) is 10.0 Å². The summed E-state index contributed by atoms with van der Waals surface area (Å²) in [6, 6.07) is 19.9. The summed E-state index contributed by atoms with van der Waals surface area (Å²) in [5.41, 5.74) is 1.31. The van der Waals surface area contributed by atoms with Crippen molar-refractivity contribution in [3.63, 3.8) is 0 Å². The van der Waals surface area contributed by atoms with Crippen molar-refractivity contribution < 1.29 is 4.39 Å². The summed E-state index contributed by atoms with van der Waals surface area (Å²) >= 11 is 0. The van der Waals surface area contributed by atoms with Gasteiger partial charge in [0.05, 0.1) is 0 Å². The van der Waals surface area contributed by atoms with Crippen LogP contribution in [0.3, 0.4) is 0 Å². The fourth-order valence-electron chi connectivity index (χ4n) is 2.95. The third kappa shape index (κ3) is 1.90. The number of halogens is 1. The third-order valence-electron chi connectivity index (χ3n) is 4.16. The minimum Gasteiger partial charge on any atom is -0.207 e. The Morgan fingerprint density at radius 2 is 1.62 bits per heavy atom. The van der Waals surface area contributed by atoms with Crippen LogP contribution in [0.25, 0.3) is 16.8 Å². The van der Waals surface area contributed by atoms with Gasteiger partial charge in [-0.15, -0.1) is 0 Å². The maximum absolute atomic E-state index is 13.3. The summed E-state index contributed by atoms with van der Waals surface area (Å²) in [5.74, 6) is -0.181. The molecule has 0 saturated heterocycles. The first-order chi connectivity index (χ1) is 10.2. The fraction of sp³-hybridized carbons (Fsp3) is 0.0526. The molecule has 1 aliphatic rings. The van der Waals surface area contributed by atoms with Crippen molar-refractivity contribution in [2.45, 2.75) is 9.79 Å². The summed E-state index contributed by atoms with van der Waals surface area (Å²) in [6.07, 6.45) is 4.54. The highest BCUT2D eigenvalue weighted by molar-refractivity contribution is 8.36. The Morgan fingerprint density at radius 3 is 2.52 bits per heavy atom. The van der Waals surface area contributed by atoms with E-state index in [1.165, 1.54) is 21.4 Å². The SMILES string of the molecule is CS1(c2ccc3cc(F)ccc3c2)C=Cc2ccccc21. The second-order valence-electron chi connectivity index (χ2n) is 5.48. The quantitative estimate of drug-likeness (QED) is 0.531. The molecule has 0 aliphatic carbocycles. The van der Waals surface area contributed by atoms with E-state index in [9.17, 15) is 4.39 Å². The maximum atomic E-state index is 13.3. The summed E-state index contributed by atoms with van der Waals surface area (Å²) < 4.78 is 13.3. The molecule has 21 heavy (non-hydrogen) atoms. The Kier molecular flexibility index (Phi) is 2.69. The van der Waals surface area contributed by atoms with Crippen LogP contribution in [0.15, 0.2) is 75.9 Å². The monoisotopic (exact) mass is 294 g/mol. The first-order valence-electron chi connectivity index (χ1n) is 6.92. The van der Waals surface area contributed by atoms with Crippen LogP contribution in [0, 0.1) is 5.82 Å². The minimum absolute atomic E-state index is 0.181. The molecule has 104 valence electrons. The zero-order chi connectivity index (χ0) is 14.4. The van der Waals surface area contributed by atoms with E-state index in [4.69, 9.17) is 0 Å². The predicted octanol–water partition coefficient (Wildman–Crippen LogP) is 5.82. The van der Waals surface area contributed by atoms with Crippen LogP contribution >= 0.6 is 10.0 Å². The number of hydrogen-bond acceptors (Lipinski definition) is 0. The van der Waals surface area contributed by atoms with Crippen molar-refractivity contribution >= 4 is 26.9 Å². The van der Waals surface area contributed by atoms with Crippen molar-refractivity contribution in [3.8, 4) is 0 Å². The number of fused-ring (bicyclic) bond motifs is 2. The zero-order valence-electron chi connectivity index (χ0n) is 11.7. The zero-order valence-corrected chi connectivity index (χ0v) is 12.5. The Morgan fingerprint density at radius 1 is 0.857 bits per heavy atom. The van der Waals surface area contributed by atoms with Crippen LogP contribution in [0.2, 0.25) is 0 Å². The molecule has 4 rings (SSSR count). The minimum atomic E-state index is -1.12. The van der Waals surface area contributed by atoms with E-state index < -0.39 is 10.0 Å². The fourth-order valence-corrected chi connectivity index (χ4v) is 5.64. The van der Waals surface area contributed by atoms with Crippen LogP contribution in [-0.4, -0.2) is 6.26 Å². The molecule has 3 aromatic carbocycles. The van der Waals surface area contributed by atoms with Crippen molar-refractivity contribution in [3.05, 3.63) is 77.5 Å². The van der Waals surface area contributed by atoms with Gasteiger partial charge in [-0.1, -0.05) is 30.3 Å². The summed E-state index contributed by atoms with van der Waals surface area (Å²) in [7, 11) is -1.12. The van der Waals surface area contributed by atoms with Crippen LogP contribution in [0.4, 0.5) is 4.39 Å². The molecule has 0 fully saturated rings. The lowest BCUT2D eigenvalue weighted by Gasteiger charge is -2.31. The van der Waals surface area contributed by atoms with Crippen LogP contribution < -0.4 is 0 Å². The van der Waals surface area contributed by atoms with Gasteiger partial charge in [0.15, 0.2) is 0 Å². The predicted molar refractivity (Wildman–Crippen MR) is 89.4 cm³/mol. The first kappa shape index (κ1) is 12.7. The van der Waals surface area contributed by atoms with Gasteiger partial charge >= 0.3 is 0 Å². The van der Waals surface area contributed by atoms with E-state index in [-0.39, 0.29) is 5.82 Å². The summed E-state index contributed by atoms with van der Waals surface area (Å²) in [5, 5.41) is 4.39. The van der Waals surface area contributed by atoms with Gasteiger partial charge < -0.3 is 0 Å². The number of benzene rings is 3. The van der Waals surface area contributed by atoms with E-state index in [1.807, 2.05) is 12.1 Å². The average molecular weight is 294 g/mol. The molecular weight excluding hydrogens is 279 g/mol. The van der Waals surface area contributed by atoms with Gasteiger partial charge in [0.2, 0.25) is 0 Å². The topological polar surface area (TPSA) is 0 Å². The number of rotatable bonds is 1. The van der Waals surface area contributed by atoms with Crippen molar-refractivity contribution in [2.24, 2.45) is 0 Å². The van der Waals surface area contributed by atoms with E-state index in [2.05, 4.69) is 54.1 Å².